The average Bonchev–Trinajstić information content (AvgIpc) is 2.44. The van der Waals surface area contributed by atoms with Crippen LogP contribution in [0.4, 0.5) is 0 Å². The number of halogens is 1. The maximum atomic E-state index is 11.9. The number of nitrogens with two attached hydrogens (primary N) is 1. The number of hydrogen-bond donors (Lipinski definition) is 1. The molecule has 0 saturated heterocycles. The Bertz CT molecular complexity index is 496. The first kappa shape index (κ1) is 14.7. The van der Waals surface area contributed by atoms with Gasteiger partial charge in [0, 0.05) is 13.1 Å². The van der Waals surface area contributed by atoms with Gasteiger partial charge in [0.25, 0.3) is 0 Å². The van der Waals surface area contributed by atoms with Gasteiger partial charge >= 0.3 is 0 Å². The minimum atomic E-state index is -3.19. The van der Waals surface area contributed by atoms with Gasteiger partial charge in [-0.05, 0) is 29.3 Å². The van der Waals surface area contributed by atoms with E-state index in [2.05, 4.69) is 21.0 Å². The second kappa shape index (κ2) is 5.49. The van der Waals surface area contributed by atoms with Crippen LogP contribution < -0.4 is 5.73 Å². The third kappa shape index (κ3) is 3.79. The summed E-state index contributed by atoms with van der Waals surface area (Å²) in [7, 11) is -1.46. The van der Waals surface area contributed by atoms with E-state index in [1.807, 2.05) is 13.8 Å². The van der Waals surface area contributed by atoms with E-state index in [0.717, 1.165) is 10.2 Å². The number of hydrogen-bond acceptors (Lipinski definition) is 4. The van der Waals surface area contributed by atoms with Gasteiger partial charge in [-0.25, -0.2) is 8.42 Å². The molecular formula is C10H18BrN3O2S. The summed E-state index contributed by atoms with van der Waals surface area (Å²) in [6, 6.07) is -0.298. The Morgan fingerprint density at radius 1 is 1.53 bits per heavy atom. The first-order valence-corrected chi connectivity index (χ1v) is 8.02. The van der Waals surface area contributed by atoms with E-state index in [-0.39, 0.29) is 17.5 Å². The third-order valence-corrected chi connectivity index (χ3v) is 5.29. The van der Waals surface area contributed by atoms with Crippen molar-refractivity contribution in [1.29, 1.82) is 0 Å². The molecule has 98 valence electrons. The standard InChI is InChI=1S/C10H18BrN3O2S/c1-4-8(12)5-17(15,16)6-9-10(11)7(2)13-14(9)3/h8H,4-6,12H2,1-3H3. The highest BCUT2D eigenvalue weighted by Gasteiger charge is 2.21. The minimum absolute atomic E-state index is 0.0141. The lowest BCUT2D eigenvalue weighted by molar-refractivity contribution is 0.579. The van der Waals surface area contributed by atoms with E-state index in [4.69, 9.17) is 5.73 Å². The molecular weight excluding hydrogens is 306 g/mol. The summed E-state index contributed by atoms with van der Waals surface area (Å²) in [5.41, 5.74) is 7.14. The van der Waals surface area contributed by atoms with Crippen molar-refractivity contribution in [2.75, 3.05) is 5.75 Å². The van der Waals surface area contributed by atoms with Crippen LogP contribution in [-0.4, -0.2) is 30.0 Å². The van der Waals surface area contributed by atoms with E-state index in [1.54, 1.807) is 11.7 Å². The smallest absolute Gasteiger partial charge is 0.157 e. The molecule has 1 aromatic heterocycles. The number of rotatable bonds is 5. The van der Waals surface area contributed by atoms with Crippen LogP contribution in [0.25, 0.3) is 0 Å². The Hall–Kier alpha value is -0.400. The van der Waals surface area contributed by atoms with E-state index >= 15 is 0 Å². The van der Waals surface area contributed by atoms with Gasteiger partial charge in [-0.15, -0.1) is 0 Å². The normalized spacial score (nSPS) is 13.9. The first-order valence-electron chi connectivity index (χ1n) is 5.40. The van der Waals surface area contributed by atoms with Gasteiger partial charge in [0.05, 0.1) is 27.4 Å². The van der Waals surface area contributed by atoms with Crippen molar-refractivity contribution in [3.05, 3.63) is 15.9 Å². The molecule has 0 spiro atoms. The van der Waals surface area contributed by atoms with Gasteiger partial charge < -0.3 is 5.73 Å². The maximum Gasteiger partial charge on any atom is 0.157 e. The van der Waals surface area contributed by atoms with Crippen LogP contribution in [0.5, 0.6) is 0 Å². The van der Waals surface area contributed by atoms with Crippen molar-refractivity contribution >= 4 is 25.8 Å². The lowest BCUT2D eigenvalue weighted by Crippen LogP contribution is -2.29. The zero-order chi connectivity index (χ0) is 13.2. The summed E-state index contributed by atoms with van der Waals surface area (Å²) < 4.78 is 26.2. The molecule has 0 aliphatic heterocycles. The predicted octanol–water partition coefficient (Wildman–Crippen LogP) is 1.14. The molecule has 1 unspecified atom stereocenters. The number of aromatic nitrogens is 2. The third-order valence-electron chi connectivity index (χ3n) is 2.61. The molecule has 0 amide bonds. The van der Waals surface area contributed by atoms with Crippen molar-refractivity contribution in [2.24, 2.45) is 12.8 Å². The molecule has 1 rings (SSSR count). The fraction of sp³-hybridized carbons (Fsp3) is 0.700. The Kier molecular flexibility index (Phi) is 4.74. The summed E-state index contributed by atoms with van der Waals surface area (Å²) in [5.74, 6) is -0.0151. The molecule has 1 aromatic rings. The van der Waals surface area contributed by atoms with Gasteiger partial charge in [-0.2, -0.15) is 5.10 Å². The van der Waals surface area contributed by atoms with Crippen LogP contribution in [0, 0.1) is 6.92 Å². The highest BCUT2D eigenvalue weighted by atomic mass is 79.9. The number of sulfone groups is 1. The molecule has 0 aliphatic carbocycles. The maximum absolute atomic E-state index is 11.9. The summed E-state index contributed by atoms with van der Waals surface area (Å²) >= 11 is 3.36. The molecule has 17 heavy (non-hydrogen) atoms. The Balaban J connectivity index is 2.91. The summed E-state index contributed by atoms with van der Waals surface area (Å²) in [6.45, 7) is 3.71. The fourth-order valence-electron chi connectivity index (χ4n) is 1.55. The molecule has 0 bridgehead atoms. The fourth-order valence-corrected chi connectivity index (χ4v) is 3.96. The Morgan fingerprint density at radius 2 is 2.12 bits per heavy atom. The Morgan fingerprint density at radius 3 is 2.53 bits per heavy atom. The lowest BCUT2D eigenvalue weighted by Gasteiger charge is -2.10. The minimum Gasteiger partial charge on any atom is -0.327 e. The largest absolute Gasteiger partial charge is 0.327 e. The van der Waals surface area contributed by atoms with E-state index in [9.17, 15) is 8.42 Å². The highest BCUT2D eigenvalue weighted by Crippen LogP contribution is 2.22. The predicted molar refractivity (Wildman–Crippen MR) is 71.4 cm³/mol. The van der Waals surface area contributed by atoms with Crippen molar-refractivity contribution in [3.8, 4) is 0 Å². The van der Waals surface area contributed by atoms with Crippen molar-refractivity contribution in [1.82, 2.24) is 9.78 Å². The number of nitrogens with zero attached hydrogens (tertiary/aromatic N) is 2. The summed E-state index contributed by atoms with van der Waals surface area (Å²) in [5, 5.41) is 4.17. The van der Waals surface area contributed by atoms with Crippen LogP contribution in [0.3, 0.4) is 0 Å². The lowest BCUT2D eigenvalue weighted by atomic mass is 10.3. The average molecular weight is 324 g/mol. The molecule has 0 fully saturated rings. The SMILES string of the molecule is CCC(N)CS(=O)(=O)Cc1c(Br)c(C)nn1C. The topological polar surface area (TPSA) is 78.0 Å². The van der Waals surface area contributed by atoms with Gasteiger partial charge in [-0.1, -0.05) is 6.92 Å². The van der Waals surface area contributed by atoms with Crippen LogP contribution in [0.2, 0.25) is 0 Å². The monoisotopic (exact) mass is 323 g/mol. The quantitative estimate of drug-likeness (QED) is 0.881. The van der Waals surface area contributed by atoms with Crippen LogP contribution in [0.15, 0.2) is 4.47 Å². The molecule has 0 aromatic carbocycles. The molecule has 0 saturated carbocycles. The molecule has 0 aliphatic rings. The van der Waals surface area contributed by atoms with Crippen LogP contribution in [0.1, 0.15) is 24.7 Å². The molecule has 0 radical (unpaired) electrons. The second-order valence-electron chi connectivity index (χ2n) is 4.19. The van der Waals surface area contributed by atoms with Gasteiger partial charge in [0.15, 0.2) is 9.84 Å². The first-order chi connectivity index (χ1) is 7.76. The zero-order valence-electron chi connectivity index (χ0n) is 10.3. The van der Waals surface area contributed by atoms with Crippen molar-refractivity contribution in [2.45, 2.75) is 32.1 Å². The molecule has 1 heterocycles. The highest BCUT2D eigenvalue weighted by molar-refractivity contribution is 9.10. The van der Waals surface area contributed by atoms with Gasteiger partial charge in [0.2, 0.25) is 0 Å². The van der Waals surface area contributed by atoms with Crippen LogP contribution >= 0.6 is 15.9 Å². The van der Waals surface area contributed by atoms with Gasteiger partial charge in [-0.3, -0.25) is 4.68 Å². The second-order valence-corrected chi connectivity index (χ2v) is 7.09. The molecule has 7 heteroatoms. The van der Waals surface area contributed by atoms with Crippen molar-refractivity contribution in [3.63, 3.8) is 0 Å². The van der Waals surface area contributed by atoms with Crippen LogP contribution in [-0.2, 0) is 22.6 Å². The zero-order valence-corrected chi connectivity index (χ0v) is 12.7. The summed E-state index contributed by atoms with van der Waals surface area (Å²) in [4.78, 5) is 0. The summed E-state index contributed by atoms with van der Waals surface area (Å²) in [6.07, 6.45) is 0.658. The molecule has 5 nitrogen and oxygen atoms in total. The molecule has 1 atom stereocenters. The van der Waals surface area contributed by atoms with Crippen molar-refractivity contribution < 1.29 is 8.42 Å². The van der Waals surface area contributed by atoms with E-state index < -0.39 is 9.84 Å². The van der Waals surface area contributed by atoms with Gasteiger partial charge in [0.1, 0.15) is 0 Å². The number of aryl methyl sites for hydroxylation is 2. The molecule has 2 N–H and O–H groups in total. The van der Waals surface area contributed by atoms with E-state index in [1.165, 1.54) is 0 Å². The van der Waals surface area contributed by atoms with E-state index in [0.29, 0.717) is 12.1 Å². The Labute approximate surface area is 110 Å².